The minimum Gasteiger partial charge on any atom is -0.335 e. The molecule has 0 saturated heterocycles. The number of nitrogens with one attached hydrogen (secondary N) is 1. The van der Waals surface area contributed by atoms with E-state index in [1.165, 1.54) is 6.08 Å². The molecular formula is C14H17ClFN3O2S. The summed E-state index contributed by atoms with van der Waals surface area (Å²) in [6.07, 6.45) is 2.23. The lowest BCUT2D eigenvalue weighted by Crippen LogP contribution is -2.06. The normalized spacial score (nSPS) is 12.7. The maximum atomic E-state index is 12.1. The van der Waals surface area contributed by atoms with Crippen LogP contribution in [0.1, 0.15) is 33.0 Å². The Morgan fingerprint density at radius 2 is 2.23 bits per heavy atom. The van der Waals surface area contributed by atoms with E-state index in [1.54, 1.807) is 19.9 Å². The number of aryl methyl sites for hydroxylation is 1. The smallest absolute Gasteiger partial charge is 0.335 e. The number of nitrogens with zero attached hydrogens (tertiary/aromatic N) is 2. The third-order valence-electron chi connectivity index (χ3n) is 2.71. The first kappa shape index (κ1) is 18.4. The van der Waals surface area contributed by atoms with Gasteiger partial charge in [0.05, 0.1) is 9.93 Å². The zero-order valence-corrected chi connectivity index (χ0v) is 14.3. The lowest BCUT2D eigenvalue weighted by Gasteiger charge is -2.14. The first-order chi connectivity index (χ1) is 10.4. The van der Waals surface area contributed by atoms with E-state index in [0.717, 1.165) is 23.8 Å². The Morgan fingerprint density at radius 3 is 2.73 bits per heavy atom. The van der Waals surface area contributed by atoms with Crippen LogP contribution < -0.4 is 5.32 Å². The summed E-state index contributed by atoms with van der Waals surface area (Å²) < 4.78 is 12.1. The molecule has 0 atom stereocenters. The average Bonchev–Trinajstić information content (AvgIpc) is 2.48. The van der Waals surface area contributed by atoms with Crippen LogP contribution in [0.25, 0.3) is 0 Å². The highest BCUT2D eigenvalue weighted by Crippen LogP contribution is 2.31. The number of halogens is 2. The number of carbonyl (C=O) groups is 1. The molecule has 1 aromatic heterocycles. The zero-order chi connectivity index (χ0) is 16.7. The number of allylic oxidation sites excluding steroid dienone is 2. The minimum atomic E-state index is -1.03. The second-order valence-electron chi connectivity index (χ2n) is 4.33. The van der Waals surface area contributed by atoms with Gasteiger partial charge >= 0.3 is 5.97 Å². The molecule has 0 aliphatic heterocycles. The number of hydrogen-bond acceptors (Lipinski definition) is 6. The largest absolute Gasteiger partial charge is 0.385 e. The van der Waals surface area contributed by atoms with Gasteiger partial charge in [-0.25, -0.2) is 19.7 Å². The third kappa shape index (κ3) is 5.31. The third-order valence-corrected chi connectivity index (χ3v) is 4.18. The SMILES string of the molecule is C/C=C(\S/C(Nc1cc(Cl)nc(C)n1)=C(\C)CC)C(=O)OF. The van der Waals surface area contributed by atoms with Crippen LogP contribution in [0.2, 0.25) is 5.15 Å². The van der Waals surface area contributed by atoms with Gasteiger partial charge in [0.15, 0.2) is 0 Å². The van der Waals surface area contributed by atoms with Crippen LogP contribution in [-0.4, -0.2) is 15.9 Å². The Hall–Kier alpha value is -1.60. The van der Waals surface area contributed by atoms with Gasteiger partial charge in [0.2, 0.25) is 0 Å². The fourth-order valence-electron chi connectivity index (χ4n) is 1.46. The van der Waals surface area contributed by atoms with E-state index >= 15 is 0 Å². The van der Waals surface area contributed by atoms with E-state index in [2.05, 4.69) is 20.2 Å². The molecule has 0 spiro atoms. The van der Waals surface area contributed by atoms with E-state index in [9.17, 15) is 9.32 Å². The molecule has 22 heavy (non-hydrogen) atoms. The van der Waals surface area contributed by atoms with E-state index in [-0.39, 0.29) is 4.91 Å². The molecule has 1 aromatic rings. The summed E-state index contributed by atoms with van der Waals surface area (Å²) in [5, 5.41) is 4.06. The van der Waals surface area contributed by atoms with Crippen LogP contribution >= 0.6 is 23.4 Å². The maximum Gasteiger partial charge on any atom is 0.385 e. The molecule has 0 bridgehead atoms. The van der Waals surface area contributed by atoms with Crippen molar-refractivity contribution in [3.8, 4) is 0 Å². The van der Waals surface area contributed by atoms with Crippen LogP contribution in [0.15, 0.2) is 27.6 Å². The van der Waals surface area contributed by atoms with Crippen LogP contribution in [0.5, 0.6) is 0 Å². The second-order valence-corrected chi connectivity index (χ2v) is 5.77. The number of rotatable bonds is 6. The van der Waals surface area contributed by atoms with Crippen molar-refractivity contribution in [2.45, 2.75) is 34.1 Å². The van der Waals surface area contributed by atoms with Gasteiger partial charge in [-0.15, -0.1) is 0 Å². The van der Waals surface area contributed by atoms with Crippen molar-refractivity contribution >= 4 is 35.1 Å². The second kappa shape index (κ2) is 8.75. The highest BCUT2D eigenvalue weighted by atomic mass is 35.5. The molecule has 1 rings (SSSR count). The van der Waals surface area contributed by atoms with E-state index in [4.69, 9.17) is 11.6 Å². The summed E-state index contributed by atoms with van der Waals surface area (Å²) in [6, 6.07) is 1.57. The van der Waals surface area contributed by atoms with Gasteiger partial charge < -0.3 is 5.32 Å². The number of hydrogen-bond donors (Lipinski definition) is 1. The van der Waals surface area contributed by atoms with Crippen LogP contribution in [0.3, 0.4) is 0 Å². The lowest BCUT2D eigenvalue weighted by molar-refractivity contribution is -0.177. The molecular weight excluding hydrogens is 329 g/mol. The Kier molecular flexibility index (Phi) is 7.34. The molecule has 0 fully saturated rings. The molecule has 0 saturated carbocycles. The van der Waals surface area contributed by atoms with Gasteiger partial charge in [-0.05, 0) is 32.8 Å². The minimum absolute atomic E-state index is 0.134. The zero-order valence-electron chi connectivity index (χ0n) is 12.7. The van der Waals surface area contributed by atoms with Crippen molar-refractivity contribution in [2.24, 2.45) is 0 Å². The molecule has 8 heteroatoms. The molecule has 0 amide bonds. The number of anilines is 1. The van der Waals surface area contributed by atoms with E-state index in [1.807, 2.05) is 13.8 Å². The summed E-state index contributed by atoms with van der Waals surface area (Å²) in [5.41, 5.74) is 0.975. The fourth-order valence-corrected chi connectivity index (χ4v) is 2.61. The van der Waals surface area contributed by atoms with Gasteiger partial charge in [-0.2, -0.15) is 0 Å². The van der Waals surface area contributed by atoms with Crippen LogP contribution in [-0.2, 0) is 9.74 Å². The molecule has 0 aromatic carbocycles. The summed E-state index contributed by atoms with van der Waals surface area (Å²) in [7, 11) is 0. The predicted molar refractivity (Wildman–Crippen MR) is 86.9 cm³/mol. The average molecular weight is 346 g/mol. The molecule has 5 nitrogen and oxygen atoms in total. The van der Waals surface area contributed by atoms with Gasteiger partial charge in [-0.1, -0.05) is 36.4 Å². The molecule has 1 heterocycles. The highest BCUT2D eigenvalue weighted by molar-refractivity contribution is 8.07. The molecule has 120 valence electrons. The van der Waals surface area contributed by atoms with E-state index in [0.29, 0.717) is 21.8 Å². The first-order valence-corrected chi connectivity index (χ1v) is 7.75. The highest BCUT2D eigenvalue weighted by Gasteiger charge is 2.16. The van der Waals surface area contributed by atoms with Crippen molar-refractivity contribution < 1.29 is 14.3 Å². The van der Waals surface area contributed by atoms with Crippen molar-refractivity contribution in [3.05, 3.63) is 38.6 Å². The van der Waals surface area contributed by atoms with Crippen molar-refractivity contribution in [1.29, 1.82) is 0 Å². The predicted octanol–water partition coefficient (Wildman–Crippen LogP) is 4.56. The fraction of sp³-hybridized carbons (Fsp3) is 0.357. The number of aromatic nitrogens is 2. The standard InChI is InChI=1S/C14H17ClFN3O2S/c1-5-8(3)13(22-10(6-2)14(20)21-16)19-12-7-11(15)17-9(4)18-12/h6-7H,5H2,1-4H3,(H,17,18,19)/b10-6-,13-8+. The molecule has 0 radical (unpaired) electrons. The Bertz CT molecular complexity index is 600. The van der Waals surface area contributed by atoms with Crippen molar-refractivity contribution in [2.75, 3.05) is 5.32 Å². The Balaban J connectivity index is 3.08. The summed E-state index contributed by atoms with van der Waals surface area (Å²) in [4.78, 5) is 23.0. The van der Waals surface area contributed by atoms with Crippen LogP contribution in [0.4, 0.5) is 10.3 Å². The lowest BCUT2D eigenvalue weighted by atomic mass is 10.2. The maximum absolute atomic E-state index is 12.1. The van der Waals surface area contributed by atoms with Crippen molar-refractivity contribution in [1.82, 2.24) is 9.97 Å². The Labute approximate surface area is 137 Å². The molecule has 0 aliphatic carbocycles. The first-order valence-electron chi connectivity index (χ1n) is 6.56. The van der Waals surface area contributed by atoms with Crippen molar-refractivity contribution in [3.63, 3.8) is 0 Å². The quantitative estimate of drug-likeness (QED) is 0.602. The van der Waals surface area contributed by atoms with Gasteiger partial charge in [0.1, 0.15) is 16.8 Å². The summed E-state index contributed by atoms with van der Waals surface area (Å²) in [5.74, 6) is -0.0209. The molecule has 0 unspecified atom stereocenters. The Morgan fingerprint density at radius 1 is 1.55 bits per heavy atom. The van der Waals surface area contributed by atoms with Gasteiger partial charge in [0, 0.05) is 10.6 Å². The monoisotopic (exact) mass is 345 g/mol. The van der Waals surface area contributed by atoms with Gasteiger partial charge in [0.25, 0.3) is 0 Å². The van der Waals surface area contributed by atoms with E-state index < -0.39 is 5.97 Å². The van der Waals surface area contributed by atoms with Gasteiger partial charge in [-0.3, -0.25) is 0 Å². The topological polar surface area (TPSA) is 64.1 Å². The number of carbonyl (C=O) groups excluding carboxylic acids is 1. The summed E-state index contributed by atoms with van der Waals surface area (Å²) in [6.45, 7) is 7.22. The van der Waals surface area contributed by atoms with Crippen LogP contribution in [0, 0.1) is 6.92 Å². The molecule has 1 N–H and O–H groups in total. The number of thioether (sulfide) groups is 1. The molecule has 0 aliphatic rings. The summed E-state index contributed by atoms with van der Waals surface area (Å²) >= 11 is 6.98.